The summed E-state index contributed by atoms with van der Waals surface area (Å²) in [4.78, 5) is 25.9. The normalized spacial score (nSPS) is 11.7. The van der Waals surface area contributed by atoms with Crippen molar-refractivity contribution in [2.45, 2.75) is 31.3 Å². The minimum atomic E-state index is -4.36. The second-order valence-corrected chi connectivity index (χ2v) is 12.4. The van der Waals surface area contributed by atoms with E-state index in [4.69, 9.17) is 27.9 Å². The van der Waals surface area contributed by atoms with Gasteiger partial charge in [-0.05, 0) is 68.6 Å². The number of amides is 1. The van der Waals surface area contributed by atoms with Gasteiger partial charge in [-0.25, -0.2) is 8.42 Å². The molecule has 1 N–H and O–H groups in total. The van der Waals surface area contributed by atoms with Crippen LogP contribution in [0.2, 0.25) is 10.0 Å². The molecule has 4 aromatic rings. The Balaban J connectivity index is 1.85. The minimum Gasteiger partial charge on any atom is -0.459 e. The van der Waals surface area contributed by atoms with Crippen molar-refractivity contribution in [3.63, 3.8) is 0 Å². The van der Waals surface area contributed by atoms with E-state index in [1.807, 2.05) is 6.07 Å². The molecule has 0 saturated heterocycles. The number of esters is 1. The topological polar surface area (TPSA) is 92.8 Å². The van der Waals surface area contributed by atoms with Crippen molar-refractivity contribution in [3.05, 3.63) is 101 Å². The van der Waals surface area contributed by atoms with Crippen molar-refractivity contribution in [2.24, 2.45) is 0 Å². The van der Waals surface area contributed by atoms with Crippen molar-refractivity contribution < 1.29 is 22.7 Å². The standard InChI is InChI=1S/C29H26Cl2N2O5S/c1-29(2,3)38-27(34)18-33(39(36,37)22-16-19(30)15-20(31)17-22)26-14-8-11-23-24(26)12-7-13-25(23)28(35)32-21-9-5-4-6-10-21/h4-17H,18H2,1-3H3,(H,32,35). The molecule has 7 nitrogen and oxygen atoms in total. The fourth-order valence-corrected chi connectivity index (χ4v) is 6.18. The summed E-state index contributed by atoms with van der Waals surface area (Å²) in [5.74, 6) is -1.12. The van der Waals surface area contributed by atoms with Gasteiger partial charge in [0.2, 0.25) is 0 Å². The van der Waals surface area contributed by atoms with Gasteiger partial charge in [-0.15, -0.1) is 0 Å². The van der Waals surface area contributed by atoms with Gasteiger partial charge in [0.25, 0.3) is 15.9 Å². The van der Waals surface area contributed by atoms with Crippen LogP contribution >= 0.6 is 23.2 Å². The Bertz CT molecular complexity index is 1630. The zero-order valence-corrected chi connectivity index (χ0v) is 23.8. The molecule has 0 spiro atoms. The van der Waals surface area contributed by atoms with E-state index in [2.05, 4.69) is 5.32 Å². The number of ether oxygens (including phenoxy) is 1. The van der Waals surface area contributed by atoms with Gasteiger partial charge in [0, 0.05) is 26.7 Å². The Hall–Kier alpha value is -3.59. The SMILES string of the molecule is CC(C)(C)OC(=O)CN(c1cccc2c(C(=O)Nc3ccccc3)cccc12)S(=O)(=O)c1cc(Cl)cc(Cl)c1. The molecule has 0 fully saturated rings. The third-order valence-corrected chi connectivity index (χ3v) is 7.73. The number of carbonyl (C=O) groups is 2. The lowest BCUT2D eigenvalue weighted by Gasteiger charge is -2.27. The summed E-state index contributed by atoms with van der Waals surface area (Å²) in [5, 5.41) is 4.03. The predicted molar refractivity (Wildman–Crippen MR) is 155 cm³/mol. The van der Waals surface area contributed by atoms with Crippen LogP contribution in [0.25, 0.3) is 10.8 Å². The molecule has 4 aromatic carbocycles. The molecule has 4 rings (SSSR count). The number of fused-ring (bicyclic) bond motifs is 1. The first-order valence-corrected chi connectivity index (χ1v) is 14.1. The van der Waals surface area contributed by atoms with E-state index in [9.17, 15) is 18.0 Å². The fourth-order valence-electron chi connectivity index (χ4n) is 4.02. The molecule has 0 aliphatic carbocycles. The van der Waals surface area contributed by atoms with Gasteiger partial charge < -0.3 is 10.1 Å². The molecule has 39 heavy (non-hydrogen) atoms. The van der Waals surface area contributed by atoms with Crippen molar-refractivity contribution in [2.75, 3.05) is 16.2 Å². The van der Waals surface area contributed by atoms with Crippen LogP contribution in [0.4, 0.5) is 11.4 Å². The van der Waals surface area contributed by atoms with E-state index in [0.29, 0.717) is 22.0 Å². The van der Waals surface area contributed by atoms with Crippen molar-refractivity contribution in [1.29, 1.82) is 0 Å². The maximum Gasteiger partial charge on any atom is 0.327 e. The number of carbonyl (C=O) groups excluding carboxylic acids is 2. The van der Waals surface area contributed by atoms with Crippen LogP contribution < -0.4 is 9.62 Å². The van der Waals surface area contributed by atoms with Gasteiger partial charge >= 0.3 is 5.97 Å². The molecular formula is C29H26Cl2N2O5S. The molecule has 0 unspecified atom stereocenters. The van der Waals surface area contributed by atoms with Gasteiger partial charge in [0.1, 0.15) is 12.1 Å². The van der Waals surface area contributed by atoms with E-state index >= 15 is 0 Å². The first-order chi connectivity index (χ1) is 18.3. The number of sulfonamides is 1. The molecule has 202 valence electrons. The van der Waals surface area contributed by atoms with Crippen LogP contribution in [0.15, 0.2) is 89.8 Å². The van der Waals surface area contributed by atoms with E-state index in [1.54, 1.807) is 81.4 Å². The number of hydrogen-bond donors (Lipinski definition) is 1. The monoisotopic (exact) mass is 584 g/mol. The Morgan fingerprint density at radius 3 is 2.10 bits per heavy atom. The first-order valence-electron chi connectivity index (χ1n) is 11.9. The Morgan fingerprint density at radius 2 is 1.46 bits per heavy atom. The van der Waals surface area contributed by atoms with Crippen LogP contribution in [0, 0.1) is 0 Å². The average molecular weight is 586 g/mol. The van der Waals surface area contributed by atoms with Crippen LogP contribution in [-0.4, -0.2) is 32.4 Å². The zero-order chi connectivity index (χ0) is 28.4. The van der Waals surface area contributed by atoms with Crippen LogP contribution in [0.5, 0.6) is 0 Å². The number of anilines is 2. The van der Waals surface area contributed by atoms with Crippen LogP contribution in [0.3, 0.4) is 0 Å². The van der Waals surface area contributed by atoms with Gasteiger partial charge in [-0.3, -0.25) is 13.9 Å². The third kappa shape index (κ3) is 6.71. The molecule has 10 heteroatoms. The first kappa shape index (κ1) is 28.4. The Morgan fingerprint density at radius 1 is 0.846 bits per heavy atom. The molecule has 0 saturated carbocycles. The lowest BCUT2D eigenvalue weighted by Crippen LogP contribution is -2.39. The molecule has 0 bridgehead atoms. The second kappa shape index (κ2) is 11.3. The summed E-state index contributed by atoms with van der Waals surface area (Å²) in [6, 6.07) is 22.8. The van der Waals surface area contributed by atoms with Gasteiger partial charge in [-0.2, -0.15) is 0 Å². The lowest BCUT2D eigenvalue weighted by atomic mass is 10.0. The molecule has 0 heterocycles. The molecule has 0 aromatic heterocycles. The minimum absolute atomic E-state index is 0.121. The summed E-state index contributed by atoms with van der Waals surface area (Å²) in [6.07, 6.45) is 0. The maximum atomic E-state index is 14.0. The Kier molecular flexibility index (Phi) is 8.20. The molecule has 1 amide bonds. The van der Waals surface area contributed by atoms with E-state index in [1.165, 1.54) is 18.2 Å². The summed E-state index contributed by atoms with van der Waals surface area (Å²) >= 11 is 12.2. The maximum absolute atomic E-state index is 14.0. The highest BCUT2D eigenvalue weighted by molar-refractivity contribution is 7.93. The highest BCUT2D eigenvalue weighted by atomic mass is 35.5. The smallest absolute Gasteiger partial charge is 0.327 e. The van der Waals surface area contributed by atoms with Gasteiger partial charge in [0.15, 0.2) is 0 Å². The van der Waals surface area contributed by atoms with Gasteiger partial charge in [0.05, 0.1) is 10.6 Å². The van der Waals surface area contributed by atoms with Crippen molar-refractivity contribution in [1.82, 2.24) is 0 Å². The van der Waals surface area contributed by atoms with Crippen LogP contribution in [-0.2, 0) is 19.6 Å². The molecule has 0 radical (unpaired) electrons. The average Bonchev–Trinajstić information content (AvgIpc) is 2.85. The number of para-hydroxylation sites is 1. The van der Waals surface area contributed by atoms with Crippen molar-refractivity contribution in [3.8, 4) is 0 Å². The summed E-state index contributed by atoms with van der Waals surface area (Å²) < 4.78 is 34.3. The Labute approximate surface area is 237 Å². The number of nitrogens with one attached hydrogen (secondary N) is 1. The third-order valence-electron chi connectivity index (χ3n) is 5.56. The van der Waals surface area contributed by atoms with E-state index in [0.717, 1.165) is 4.31 Å². The highest BCUT2D eigenvalue weighted by Crippen LogP contribution is 2.34. The van der Waals surface area contributed by atoms with Gasteiger partial charge in [-0.1, -0.05) is 65.7 Å². The lowest BCUT2D eigenvalue weighted by molar-refractivity contribution is -0.152. The number of halogens is 2. The highest BCUT2D eigenvalue weighted by Gasteiger charge is 2.31. The predicted octanol–water partition coefficient (Wildman–Crippen LogP) is 6.94. The second-order valence-electron chi connectivity index (χ2n) is 9.70. The van der Waals surface area contributed by atoms with Crippen LogP contribution in [0.1, 0.15) is 31.1 Å². The number of rotatable bonds is 7. The molecule has 0 atom stereocenters. The molecule has 0 aliphatic rings. The van der Waals surface area contributed by atoms with E-state index in [-0.39, 0.29) is 26.5 Å². The fraction of sp³-hybridized carbons (Fsp3) is 0.172. The van der Waals surface area contributed by atoms with E-state index < -0.39 is 28.1 Å². The summed E-state index contributed by atoms with van der Waals surface area (Å²) in [6.45, 7) is 4.45. The summed E-state index contributed by atoms with van der Waals surface area (Å²) in [7, 11) is -4.36. The van der Waals surface area contributed by atoms with Crippen molar-refractivity contribution >= 4 is 67.2 Å². The quantitative estimate of drug-likeness (QED) is 0.237. The number of hydrogen-bond acceptors (Lipinski definition) is 5. The summed E-state index contributed by atoms with van der Waals surface area (Å²) in [5.41, 5.74) is 0.290. The number of nitrogens with zero attached hydrogens (tertiary/aromatic N) is 1. The zero-order valence-electron chi connectivity index (χ0n) is 21.4. The molecular weight excluding hydrogens is 559 g/mol. The number of benzene rings is 4. The molecule has 0 aliphatic heterocycles. The largest absolute Gasteiger partial charge is 0.459 e.